The largest absolute Gasteiger partial charge is 0.463 e. The quantitative estimate of drug-likeness (QED) is 0.187. The molecule has 0 spiro atoms. The molecule has 0 aromatic heterocycles. The molecule has 4 heteroatoms. The molecule has 0 aromatic carbocycles. The fourth-order valence-corrected chi connectivity index (χ4v) is 1.82. The van der Waals surface area contributed by atoms with Crippen molar-refractivity contribution < 1.29 is 9.53 Å². The molecule has 0 unspecified atom stereocenters. The highest BCUT2D eigenvalue weighted by atomic mass is 16.5. The van der Waals surface area contributed by atoms with Gasteiger partial charge >= 0.3 is 5.97 Å². The molecule has 0 radical (unpaired) electrons. The van der Waals surface area contributed by atoms with Gasteiger partial charge in [-0.15, -0.1) is 0 Å². The second-order valence-electron chi connectivity index (χ2n) is 4.55. The minimum atomic E-state index is -0.305. The normalized spacial score (nSPS) is 9.42. The number of unbranched alkanes of at least 4 members (excludes halogenated alkanes) is 9. The first-order chi connectivity index (χ1) is 9.31. The van der Waals surface area contributed by atoms with Gasteiger partial charge in [0.25, 0.3) is 0 Å². The van der Waals surface area contributed by atoms with Gasteiger partial charge in [0, 0.05) is 6.08 Å². The SMILES string of the molecule is C=CC(=O)OCCCCCCCCCCCC.NN. The maximum absolute atomic E-state index is 10.7. The van der Waals surface area contributed by atoms with Crippen molar-refractivity contribution in [1.82, 2.24) is 0 Å². The number of esters is 1. The van der Waals surface area contributed by atoms with E-state index in [4.69, 9.17) is 4.74 Å². The molecule has 0 aliphatic heterocycles. The van der Waals surface area contributed by atoms with Crippen LogP contribution in [0.5, 0.6) is 0 Å². The number of hydrazine groups is 1. The number of ether oxygens (including phenoxy) is 1. The summed E-state index contributed by atoms with van der Waals surface area (Å²) in [5.41, 5.74) is 0. The van der Waals surface area contributed by atoms with E-state index in [1.54, 1.807) is 0 Å². The van der Waals surface area contributed by atoms with Gasteiger partial charge in [0.05, 0.1) is 6.61 Å². The second kappa shape index (κ2) is 19.5. The number of nitrogens with two attached hydrogens (primary N) is 2. The molecule has 0 aliphatic carbocycles. The Morgan fingerprint density at radius 1 is 0.947 bits per heavy atom. The molecule has 0 aromatic rings. The van der Waals surface area contributed by atoms with E-state index < -0.39 is 0 Å². The van der Waals surface area contributed by atoms with Gasteiger partial charge in [-0.3, -0.25) is 11.7 Å². The van der Waals surface area contributed by atoms with E-state index >= 15 is 0 Å². The highest BCUT2D eigenvalue weighted by molar-refractivity contribution is 5.81. The fraction of sp³-hybridized carbons (Fsp3) is 0.800. The number of carbonyl (C=O) groups excluding carboxylic acids is 1. The zero-order valence-corrected chi connectivity index (χ0v) is 12.5. The van der Waals surface area contributed by atoms with Crippen molar-refractivity contribution in [3.05, 3.63) is 12.7 Å². The van der Waals surface area contributed by atoms with Crippen molar-refractivity contribution in [1.29, 1.82) is 0 Å². The zero-order valence-electron chi connectivity index (χ0n) is 12.5. The second-order valence-corrected chi connectivity index (χ2v) is 4.55. The number of carbonyl (C=O) groups is 1. The van der Waals surface area contributed by atoms with E-state index in [0.717, 1.165) is 6.42 Å². The summed E-state index contributed by atoms with van der Waals surface area (Å²) >= 11 is 0. The van der Waals surface area contributed by atoms with Gasteiger partial charge in [0.1, 0.15) is 0 Å². The summed E-state index contributed by atoms with van der Waals surface area (Å²) in [5.74, 6) is 7.70. The van der Waals surface area contributed by atoms with Crippen LogP contribution in [0.4, 0.5) is 0 Å². The van der Waals surface area contributed by atoms with Crippen LogP contribution in [0.25, 0.3) is 0 Å². The maximum Gasteiger partial charge on any atom is 0.330 e. The lowest BCUT2D eigenvalue weighted by molar-refractivity contribution is -0.137. The van der Waals surface area contributed by atoms with Crippen molar-refractivity contribution >= 4 is 5.97 Å². The lowest BCUT2D eigenvalue weighted by Gasteiger charge is -2.03. The van der Waals surface area contributed by atoms with Crippen molar-refractivity contribution in [3.63, 3.8) is 0 Å². The minimum Gasteiger partial charge on any atom is -0.463 e. The molecule has 0 saturated heterocycles. The average Bonchev–Trinajstić information content (AvgIpc) is 2.46. The van der Waals surface area contributed by atoms with Crippen molar-refractivity contribution in [2.75, 3.05) is 6.61 Å². The van der Waals surface area contributed by atoms with E-state index in [-0.39, 0.29) is 5.97 Å². The third-order valence-corrected chi connectivity index (χ3v) is 2.91. The molecular formula is C15H32N2O2. The Morgan fingerprint density at radius 3 is 1.79 bits per heavy atom. The maximum atomic E-state index is 10.7. The molecule has 0 fully saturated rings. The zero-order chi connectivity index (χ0) is 14.8. The summed E-state index contributed by atoms with van der Waals surface area (Å²) in [4.78, 5) is 10.7. The first-order valence-corrected chi connectivity index (χ1v) is 7.43. The monoisotopic (exact) mass is 272 g/mol. The number of hydrogen-bond donors (Lipinski definition) is 2. The molecule has 0 aliphatic rings. The highest BCUT2D eigenvalue weighted by Gasteiger charge is 1.95. The topological polar surface area (TPSA) is 78.3 Å². The summed E-state index contributed by atoms with van der Waals surface area (Å²) in [7, 11) is 0. The molecule has 4 nitrogen and oxygen atoms in total. The van der Waals surface area contributed by atoms with Crippen LogP contribution in [0.15, 0.2) is 12.7 Å². The smallest absolute Gasteiger partial charge is 0.330 e. The summed E-state index contributed by atoms with van der Waals surface area (Å²) in [5, 5.41) is 0. The third-order valence-electron chi connectivity index (χ3n) is 2.91. The Labute approximate surface area is 118 Å². The summed E-state index contributed by atoms with van der Waals surface area (Å²) in [6.07, 6.45) is 14.2. The van der Waals surface area contributed by atoms with E-state index in [9.17, 15) is 4.79 Å². The lowest BCUT2D eigenvalue weighted by atomic mass is 10.1. The van der Waals surface area contributed by atoms with Crippen LogP contribution in [-0.4, -0.2) is 12.6 Å². The fourth-order valence-electron chi connectivity index (χ4n) is 1.82. The first kappa shape index (κ1) is 20.4. The average molecular weight is 272 g/mol. The van der Waals surface area contributed by atoms with Crippen molar-refractivity contribution in [3.8, 4) is 0 Å². The molecule has 0 saturated carbocycles. The molecule has 0 heterocycles. The molecule has 0 amide bonds. The van der Waals surface area contributed by atoms with Gasteiger partial charge in [0.15, 0.2) is 0 Å². The Morgan fingerprint density at radius 2 is 1.37 bits per heavy atom. The molecule has 19 heavy (non-hydrogen) atoms. The lowest BCUT2D eigenvalue weighted by Crippen LogP contribution is -2.02. The van der Waals surface area contributed by atoms with Crippen LogP contribution in [0.1, 0.15) is 71.1 Å². The predicted molar refractivity (Wildman–Crippen MR) is 81.4 cm³/mol. The van der Waals surface area contributed by atoms with Crippen molar-refractivity contribution in [2.45, 2.75) is 71.1 Å². The van der Waals surface area contributed by atoms with Crippen LogP contribution in [-0.2, 0) is 9.53 Å². The first-order valence-electron chi connectivity index (χ1n) is 7.43. The minimum absolute atomic E-state index is 0.305. The molecule has 0 rings (SSSR count). The summed E-state index contributed by atoms with van der Waals surface area (Å²) < 4.78 is 4.91. The van der Waals surface area contributed by atoms with Crippen LogP contribution in [0.2, 0.25) is 0 Å². The van der Waals surface area contributed by atoms with Gasteiger partial charge in [-0.2, -0.15) is 0 Å². The predicted octanol–water partition coefficient (Wildman–Crippen LogP) is 3.46. The van der Waals surface area contributed by atoms with E-state index in [1.165, 1.54) is 63.9 Å². The molecule has 0 atom stereocenters. The Kier molecular flexibility index (Phi) is 21.0. The molecule has 0 bridgehead atoms. The molecular weight excluding hydrogens is 240 g/mol. The van der Waals surface area contributed by atoms with Gasteiger partial charge in [-0.25, -0.2) is 4.79 Å². The summed E-state index contributed by atoms with van der Waals surface area (Å²) in [6.45, 7) is 6.15. The van der Waals surface area contributed by atoms with Crippen LogP contribution in [0.3, 0.4) is 0 Å². The summed E-state index contributed by atoms with van der Waals surface area (Å²) in [6, 6.07) is 0. The van der Waals surface area contributed by atoms with E-state index in [2.05, 4.69) is 25.2 Å². The van der Waals surface area contributed by atoms with Gasteiger partial charge in [0.2, 0.25) is 0 Å². The van der Waals surface area contributed by atoms with Gasteiger partial charge in [-0.1, -0.05) is 71.3 Å². The van der Waals surface area contributed by atoms with E-state index in [0.29, 0.717) is 6.61 Å². The van der Waals surface area contributed by atoms with Gasteiger partial charge < -0.3 is 4.74 Å². The Balaban J connectivity index is 0. The Hall–Kier alpha value is -0.870. The van der Waals surface area contributed by atoms with E-state index in [1.807, 2.05) is 0 Å². The standard InChI is InChI=1S/C15H28O2.H4N2/c1-3-5-6-7-8-9-10-11-12-13-14-17-15(16)4-2;1-2/h4H,2-3,5-14H2,1H3;1-2H2. The molecule has 114 valence electrons. The van der Waals surface area contributed by atoms with Gasteiger partial charge in [-0.05, 0) is 6.42 Å². The van der Waals surface area contributed by atoms with Crippen LogP contribution >= 0.6 is 0 Å². The van der Waals surface area contributed by atoms with Crippen LogP contribution < -0.4 is 11.7 Å². The number of hydrogen-bond acceptors (Lipinski definition) is 4. The highest BCUT2D eigenvalue weighted by Crippen LogP contribution is 2.10. The Bertz CT molecular complexity index is 197. The van der Waals surface area contributed by atoms with Crippen LogP contribution in [0, 0.1) is 0 Å². The van der Waals surface area contributed by atoms with Crippen molar-refractivity contribution in [2.24, 2.45) is 11.7 Å². The molecule has 4 N–H and O–H groups in total. The third kappa shape index (κ3) is 19.6. The number of rotatable bonds is 12.